The van der Waals surface area contributed by atoms with E-state index in [9.17, 15) is 9.59 Å². The molecule has 1 saturated carbocycles. The van der Waals surface area contributed by atoms with Crippen LogP contribution < -0.4 is 0 Å². The lowest BCUT2D eigenvalue weighted by Gasteiger charge is -2.27. The summed E-state index contributed by atoms with van der Waals surface area (Å²) < 4.78 is 10.6. The van der Waals surface area contributed by atoms with Gasteiger partial charge in [-0.25, -0.2) is 4.79 Å². The number of likely N-dealkylation sites (tertiary alicyclic amines) is 1. The molecule has 1 atom stereocenters. The Kier molecular flexibility index (Phi) is 4.04. The van der Waals surface area contributed by atoms with E-state index in [0.717, 1.165) is 18.4 Å². The third-order valence-electron chi connectivity index (χ3n) is 5.21. The zero-order chi connectivity index (χ0) is 16.5. The van der Waals surface area contributed by atoms with E-state index in [-0.39, 0.29) is 24.1 Å². The van der Waals surface area contributed by atoms with Gasteiger partial charge in [-0.2, -0.15) is 0 Å². The van der Waals surface area contributed by atoms with Crippen LogP contribution >= 0.6 is 0 Å². The van der Waals surface area contributed by atoms with Crippen molar-refractivity contribution in [3.63, 3.8) is 0 Å². The molecule has 1 aromatic carbocycles. The van der Waals surface area contributed by atoms with Crippen molar-refractivity contribution in [3.05, 3.63) is 35.9 Å². The van der Waals surface area contributed by atoms with Crippen molar-refractivity contribution in [2.45, 2.75) is 33.3 Å². The van der Waals surface area contributed by atoms with Crippen molar-refractivity contribution >= 4 is 12.1 Å². The van der Waals surface area contributed by atoms with E-state index in [2.05, 4.69) is 0 Å². The van der Waals surface area contributed by atoms with Crippen LogP contribution in [0.3, 0.4) is 0 Å². The molecule has 1 spiro atoms. The lowest BCUT2D eigenvalue weighted by atomic mass is 9.77. The molecule has 5 nitrogen and oxygen atoms in total. The van der Waals surface area contributed by atoms with Crippen LogP contribution in [0.4, 0.5) is 4.79 Å². The molecule has 1 aliphatic heterocycles. The van der Waals surface area contributed by atoms with Gasteiger partial charge in [0, 0.05) is 18.5 Å². The van der Waals surface area contributed by atoms with E-state index < -0.39 is 5.41 Å². The van der Waals surface area contributed by atoms with Gasteiger partial charge in [0.25, 0.3) is 0 Å². The molecule has 1 unspecified atom stereocenters. The minimum Gasteiger partial charge on any atom is -0.466 e. The number of benzene rings is 1. The monoisotopic (exact) mass is 317 g/mol. The third-order valence-corrected chi connectivity index (χ3v) is 5.21. The molecule has 0 aromatic heterocycles. The topological polar surface area (TPSA) is 55.8 Å². The highest BCUT2D eigenvalue weighted by molar-refractivity contribution is 5.81. The number of carbonyl (C=O) groups is 2. The van der Waals surface area contributed by atoms with Crippen LogP contribution in [0.25, 0.3) is 0 Å². The summed E-state index contributed by atoms with van der Waals surface area (Å²) in [6.07, 6.45) is 1.57. The van der Waals surface area contributed by atoms with Gasteiger partial charge in [0.15, 0.2) is 0 Å². The van der Waals surface area contributed by atoms with Gasteiger partial charge >= 0.3 is 12.1 Å². The van der Waals surface area contributed by atoms with Crippen LogP contribution in [-0.2, 0) is 20.9 Å². The summed E-state index contributed by atoms with van der Waals surface area (Å²) in [5.74, 6) is -0.198. The minimum atomic E-state index is -0.616. The van der Waals surface area contributed by atoms with Gasteiger partial charge in [-0.3, -0.25) is 4.79 Å². The van der Waals surface area contributed by atoms with Crippen molar-refractivity contribution in [1.82, 2.24) is 4.90 Å². The van der Waals surface area contributed by atoms with E-state index in [4.69, 9.17) is 9.47 Å². The number of nitrogens with zero attached hydrogens (tertiary/aromatic N) is 1. The van der Waals surface area contributed by atoms with Gasteiger partial charge in [-0.1, -0.05) is 30.3 Å². The zero-order valence-corrected chi connectivity index (χ0v) is 13.7. The first-order valence-electron chi connectivity index (χ1n) is 8.14. The molecule has 0 bridgehead atoms. The first kappa shape index (κ1) is 15.8. The predicted molar refractivity (Wildman–Crippen MR) is 84.6 cm³/mol. The van der Waals surface area contributed by atoms with Crippen LogP contribution in [0.1, 0.15) is 32.3 Å². The number of hydrogen-bond acceptors (Lipinski definition) is 4. The fourth-order valence-electron chi connectivity index (χ4n) is 3.52. The van der Waals surface area contributed by atoms with Gasteiger partial charge in [0.05, 0.1) is 12.0 Å². The molecule has 1 aliphatic carbocycles. The summed E-state index contributed by atoms with van der Waals surface area (Å²) in [5, 5.41) is 0. The maximum absolute atomic E-state index is 12.4. The summed E-state index contributed by atoms with van der Waals surface area (Å²) in [5.41, 5.74) is 0.217. The van der Waals surface area contributed by atoms with Crippen molar-refractivity contribution in [2.24, 2.45) is 10.8 Å². The molecule has 0 N–H and O–H groups in total. The maximum Gasteiger partial charge on any atom is 0.410 e. The Balaban J connectivity index is 1.63. The SMILES string of the molecule is CCOC(=O)C1(C)CN(C(=O)OCc2ccccc2)CC12CC2. The first-order valence-corrected chi connectivity index (χ1v) is 8.14. The maximum atomic E-state index is 12.4. The lowest BCUT2D eigenvalue weighted by molar-refractivity contribution is -0.156. The summed E-state index contributed by atoms with van der Waals surface area (Å²) in [6.45, 7) is 5.29. The third kappa shape index (κ3) is 2.80. The van der Waals surface area contributed by atoms with Crippen molar-refractivity contribution in [2.75, 3.05) is 19.7 Å². The van der Waals surface area contributed by atoms with E-state index in [1.807, 2.05) is 44.2 Å². The standard InChI is InChI=1S/C18H23NO4/c1-3-22-15(20)17(2)12-19(13-18(17)9-10-18)16(21)23-11-14-7-5-4-6-8-14/h4-8H,3,9-13H2,1-2H3. The predicted octanol–water partition coefficient (Wildman–Crippen LogP) is 2.99. The molecule has 1 heterocycles. The van der Waals surface area contributed by atoms with Gasteiger partial charge < -0.3 is 14.4 Å². The Bertz CT molecular complexity index is 596. The average molecular weight is 317 g/mol. The Morgan fingerprint density at radius 1 is 1.13 bits per heavy atom. The fraction of sp³-hybridized carbons (Fsp3) is 0.556. The fourth-order valence-corrected chi connectivity index (χ4v) is 3.52. The number of hydrogen-bond donors (Lipinski definition) is 0. The molecule has 3 rings (SSSR count). The molecular weight excluding hydrogens is 294 g/mol. The number of amides is 1. The number of carbonyl (C=O) groups excluding carboxylic acids is 2. The number of esters is 1. The molecule has 1 amide bonds. The highest BCUT2D eigenvalue weighted by Crippen LogP contribution is 2.63. The van der Waals surface area contributed by atoms with Crippen LogP contribution in [0.5, 0.6) is 0 Å². The molecule has 5 heteroatoms. The average Bonchev–Trinajstić information content (AvgIpc) is 3.27. The van der Waals surface area contributed by atoms with Gasteiger partial charge in [-0.15, -0.1) is 0 Å². The Labute approximate surface area is 136 Å². The lowest BCUT2D eigenvalue weighted by Crippen LogP contribution is -2.39. The van der Waals surface area contributed by atoms with Crippen LogP contribution in [0, 0.1) is 10.8 Å². The molecule has 2 aliphatic rings. The quantitative estimate of drug-likeness (QED) is 0.801. The molecule has 124 valence electrons. The molecule has 1 saturated heterocycles. The highest BCUT2D eigenvalue weighted by atomic mass is 16.6. The van der Waals surface area contributed by atoms with Crippen molar-refractivity contribution in [1.29, 1.82) is 0 Å². The molecule has 23 heavy (non-hydrogen) atoms. The second-order valence-electron chi connectivity index (χ2n) is 6.73. The van der Waals surface area contributed by atoms with Crippen LogP contribution in [-0.4, -0.2) is 36.7 Å². The Morgan fingerprint density at radius 3 is 2.43 bits per heavy atom. The molecular formula is C18H23NO4. The zero-order valence-electron chi connectivity index (χ0n) is 13.7. The van der Waals surface area contributed by atoms with Crippen LogP contribution in [0.15, 0.2) is 30.3 Å². The minimum absolute atomic E-state index is 0.120. The van der Waals surface area contributed by atoms with E-state index in [1.165, 1.54) is 0 Å². The molecule has 1 aromatic rings. The van der Waals surface area contributed by atoms with Gasteiger partial charge in [-0.05, 0) is 32.3 Å². The first-order chi connectivity index (χ1) is 11.0. The normalized spacial score (nSPS) is 24.5. The van der Waals surface area contributed by atoms with Gasteiger partial charge in [0.1, 0.15) is 6.61 Å². The summed E-state index contributed by atoms with van der Waals surface area (Å²) in [7, 11) is 0. The largest absolute Gasteiger partial charge is 0.466 e. The number of ether oxygens (including phenoxy) is 2. The summed E-state index contributed by atoms with van der Waals surface area (Å²) >= 11 is 0. The second kappa shape index (κ2) is 5.87. The summed E-state index contributed by atoms with van der Waals surface area (Å²) in [4.78, 5) is 26.4. The van der Waals surface area contributed by atoms with Crippen molar-refractivity contribution in [3.8, 4) is 0 Å². The van der Waals surface area contributed by atoms with Crippen molar-refractivity contribution < 1.29 is 19.1 Å². The van der Waals surface area contributed by atoms with E-state index >= 15 is 0 Å². The summed E-state index contributed by atoms with van der Waals surface area (Å²) in [6, 6.07) is 9.59. The molecule has 2 fully saturated rings. The Morgan fingerprint density at radius 2 is 1.83 bits per heavy atom. The second-order valence-corrected chi connectivity index (χ2v) is 6.73. The number of rotatable bonds is 4. The Hall–Kier alpha value is -2.04. The molecule has 0 radical (unpaired) electrons. The van der Waals surface area contributed by atoms with E-state index in [1.54, 1.807) is 4.90 Å². The van der Waals surface area contributed by atoms with E-state index in [0.29, 0.717) is 19.7 Å². The van der Waals surface area contributed by atoms with Crippen LogP contribution in [0.2, 0.25) is 0 Å². The van der Waals surface area contributed by atoms with Gasteiger partial charge in [0.2, 0.25) is 0 Å². The highest BCUT2D eigenvalue weighted by Gasteiger charge is 2.67. The smallest absolute Gasteiger partial charge is 0.410 e.